The second-order valence-corrected chi connectivity index (χ2v) is 10.0. The highest BCUT2D eigenvalue weighted by atomic mass is 19.2. The highest BCUT2D eigenvalue weighted by molar-refractivity contribution is 6.11. The van der Waals surface area contributed by atoms with E-state index >= 15 is 0 Å². The summed E-state index contributed by atoms with van der Waals surface area (Å²) in [5, 5.41) is 0.856. The molecule has 0 spiro atoms. The van der Waals surface area contributed by atoms with Gasteiger partial charge in [-0.2, -0.15) is 0 Å². The van der Waals surface area contributed by atoms with Crippen molar-refractivity contribution in [3.63, 3.8) is 0 Å². The second kappa shape index (κ2) is 10.9. The normalized spacial score (nSPS) is 15.2. The van der Waals surface area contributed by atoms with Gasteiger partial charge in [-0.1, -0.05) is 39.0 Å². The fourth-order valence-corrected chi connectivity index (χ4v) is 5.08. The zero-order chi connectivity index (χ0) is 26.8. The van der Waals surface area contributed by atoms with Gasteiger partial charge in [0.25, 0.3) is 0 Å². The first-order chi connectivity index (χ1) is 18.4. The molecule has 5 rings (SSSR count). The van der Waals surface area contributed by atoms with Crippen molar-refractivity contribution in [2.24, 2.45) is 4.99 Å². The number of aryl methyl sites for hydroxylation is 1. The van der Waals surface area contributed by atoms with Gasteiger partial charge in [0, 0.05) is 34.8 Å². The number of rotatable bonds is 9. The van der Waals surface area contributed by atoms with Crippen LogP contribution < -0.4 is 0 Å². The molecular formula is C31H31F2N3O2. The number of nitrogens with zero attached hydrogens (tertiary/aromatic N) is 3. The number of Topliss-reactive ketones (excluding diaryl/α,β-unsaturated/α-hetero) is 1. The smallest absolute Gasteiger partial charge is 0.216 e. The van der Waals surface area contributed by atoms with Gasteiger partial charge in [-0.3, -0.25) is 9.78 Å². The predicted octanol–water partition coefficient (Wildman–Crippen LogP) is 6.86. The Hall–Kier alpha value is -3.87. The summed E-state index contributed by atoms with van der Waals surface area (Å²) in [4.78, 5) is 23.0. The lowest BCUT2D eigenvalue weighted by molar-refractivity contribution is 0.0982. The van der Waals surface area contributed by atoms with Crippen LogP contribution in [0.5, 0.6) is 0 Å². The zero-order valence-corrected chi connectivity index (χ0v) is 21.9. The van der Waals surface area contributed by atoms with E-state index in [1.165, 1.54) is 6.07 Å². The number of carbonyl (C=O) groups is 1. The van der Waals surface area contributed by atoms with Gasteiger partial charge in [-0.15, -0.1) is 0 Å². The van der Waals surface area contributed by atoms with Crippen molar-refractivity contribution >= 4 is 22.6 Å². The van der Waals surface area contributed by atoms with Crippen LogP contribution in [0.2, 0.25) is 0 Å². The molecule has 0 aliphatic carbocycles. The molecule has 1 aliphatic heterocycles. The number of hydrogen-bond donors (Lipinski definition) is 0. The summed E-state index contributed by atoms with van der Waals surface area (Å²) in [7, 11) is 0. The standard InChI is InChI=1S/C31H31F2N3O2/c1-4-22-18-38-31(35-22)21-10-11-24-27(16-21)36(17-23-7-5-6-14-34-23)30(19(2)3)29(24)28(37)13-9-20-8-12-25(32)26(33)15-20/h5-8,10-12,14-16,19,22H,4,9,13,17-18H2,1-3H3/t22-/m0/s1. The lowest BCUT2D eigenvalue weighted by Gasteiger charge is -2.15. The molecule has 0 N–H and O–H groups in total. The van der Waals surface area contributed by atoms with Crippen molar-refractivity contribution < 1.29 is 18.3 Å². The van der Waals surface area contributed by atoms with Crippen LogP contribution in [-0.2, 0) is 17.7 Å². The van der Waals surface area contributed by atoms with Gasteiger partial charge in [0.2, 0.25) is 5.90 Å². The minimum absolute atomic E-state index is 0.0311. The molecule has 3 heterocycles. The minimum Gasteiger partial charge on any atom is -0.475 e. The predicted molar refractivity (Wildman–Crippen MR) is 145 cm³/mol. The maximum Gasteiger partial charge on any atom is 0.216 e. The van der Waals surface area contributed by atoms with Gasteiger partial charge in [0.05, 0.1) is 23.8 Å². The SMILES string of the molecule is CC[C@H]1COC(c2ccc3c(C(=O)CCc4ccc(F)c(F)c4)c(C(C)C)n(Cc4ccccn4)c3c2)=N1. The van der Waals surface area contributed by atoms with Crippen LogP contribution in [0.1, 0.15) is 72.4 Å². The third kappa shape index (κ3) is 5.10. The fourth-order valence-electron chi connectivity index (χ4n) is 5.08. The van der Waals surface area contributed by atoms with Crippen molar-refractivity contribution in [3.05, 3.63) is 101 Å². The van der Waals surface area contributed by atoms with Crippen molar-refractivity contribution in [1.82, 2.24) is 9.55 Å². The summed E-state index contributed by atoms with van der Waals surface area (Å²) in [6, 6.07) is 15.7. The third-order valence-electron chi connectivity index (χ3n) is 7.03. The van der Waals surface area contributed by atoms with E-state index in [0.717, 1.165) is 46.4 Å². The van der Waals surface area contributed by atoms with Crippen LogP contribution in [-0.4, -0.2) is 33.9 Å². The Bertz CT molecular complexity index is 1510. The van der Waals surface area contributed by atoms with E-state index in [9.17, 15) is 13.6 Å². The average Bonchev–Trinajstić information content (AvgIpc) is 3.53. The first kappa shape index (κ1) is 25.8. The van der Waals surface area contributed by atoms with Crippen LogP contribution in [0.4, 0.5) is 8.78 Å². The molecule has 38 heavy (non-hydrogen) atoms. The molecule has 0 amide bonds. The van der Waals surface area contributed by atoms with E-state index < -0.39 is 11.6 Å². The van der Waals surface area contributed by atoms with Crippen LogP contribution in [0.15, 0.2) is 65.8 Å². The average molecular weight is 516 g/mol. The molecule has 0 saturated carbocycles. The Morgan fingerprint density at radius 2 is 1.95 bits per heavy atom. The molecule has 2 aromatic heterocycles. The summed E-state index contributed by atoms with van der Waals surface area (Å²) in [5.41, 5.74) is 4.87. The first-order valence-electron chi connectivity index (χ1n) is 13.1. The lowest BCUT2D eigenvalue weighted by Crippen LogP contribution is -2.11. The number of ether oxygens (including phenoxy) is 1. The summed E-state index contributed by atoms with van der Waals surface area (Å²) >= 11 is 0. The Morgan fingerprint density at radius 3 is 2.63 bits per heavy atom. The second-order valence-electron chi connectivity index (χ2n) is 10.0. The molecule has 4 aromatic rings. The van der Waals surface area contributed by atoms with E-state index in [2.05, 4.69) is 30.3 Å². The molecule has 0 radical (unpaired) electrons. The Morgan fingerprint density at radius 1 is 1.11 bits per heavy atom. The lowest BCUT2D eigenvalue weighted by atomic mass is 9.96. The van der Waals surface area contributed by atoms with E-state index in [0.29, 0.717) is 36.6 Å². The largest absolute Gasteiger partial charge is 0.475 e. The monoisotopic (exact) mass is 515 g/mol. The molecule has 0 unspecified atom stereocenters. The number of aliphatic imine (C=N–C) groups is 1. The molecular weight excluding hydrogens is 484 g/mol. The van der Waals surface area contributed by atoms with Crippen LogP contribution in [0.3, 0.4) is 0 Å². The molecule has 0 saturated heterocycles. The van der Waals surface area contributed by atoms with Gasteiger partial charge in [-0.25, -0.2) is 13.8 Å². The van der Waals surface area contributed by atoms with Crippen molar-refractivity contribution in [1.29, 1.82) is 0 Å². The maximum absolute atomic E-state index is 13.8. The topological polar surface area (TPSA) is 56.5 Å². The molecule has 196 valence electrons. The van der Waals surface area contributed by atoms with Crippen molar-refractivity contribution in [2.45, 2.75) is 58.5 Å². The quantitative estimate of drug-likeness (QED) is 0.229. The van der Waals surface area contributed by atoms with Gasteiger partial charge >= 0.3 is 0 Å². The van der Waals surface area contributed by atoms with Gasteiger partial charge in [-0.05, 0) is 60.7 Å². The molecule has 2 aromatic carbocycles. The van der Waals surface area contributed by atoms with Crippen LogP contribution >= 0.6 is 0 Å². The molecule has 0 bridgehead atoms. The molecule has 0 fully saturated rings. The van der Waals surface area contributed by atoms with Gasteiger partial charge in [0.15, 0.2) is 17.4 Å². The Labute approximate surface area is 221 Å². The van der Waals surface area contributed by atoms with E-state index in [1.54, 1.807) is 6.20 Å². The van der Waals surface area contributed by atoms with E-state index in [1.807, 2.05) is 36.4 Å². The number of pyridine rings is 1. The number of hydrogen-bond acceptors (Lipinski definition) is 4. The van der Waals surface area contributed by atoms with Crippen molar-refractivity contribution in [2.75, 3.05) is 6.61 Å². The number of carbonyl (C=O) groups excluding carboxylic acids is 1. The summed E-state index contributed by atoms with van der Waals surface area (Å²) in [5.74, 6) is -1.14. The molecule has 7 heteroatoms. The van der Waals surface area contributed by atoms with E-state index in [-0.39, 0.29) is 24.2 Å². The Balaban J connectivity index is 1.59. The fraction of sp³-hybridized carbons (Fsp3) is 0.323. The zero-order valence-electron chi connectivity index (χ0n) is 21.9. The van der Waals surface area contributed by atoms with E-state index in [4.69, 9.17) is 9.73 Å². The van der Waals surface area contributed by atoms with Crippen LogP contribution in [0.25, 0.3) is 10.9 Å². The number of ketones is 1. The molecule has 5 nitrogen and oxygen atoms in total. The Kier molecular flexibility index (Phi) is 7.36. The summed E-state index contributed by atoms with van der Waals surface area (Å²) in [6.07, 6.45) is 3.18. The third-order valence-corrected chi connectivity index (χ3v) is 7.03. The number of aromatic nitrogens is 2. The molecule has 1 atom stereocenters. The highest BCUT2D eigenvalue weighted by Gasteiger charge is 2.26. The van der Waals surface area contributed by atoms with Crippen LogP contribution in [0, 0.1) is 11.6 Å². The number of benzene rings is 2. The summed E-state index contributed by atoms with van der Waals surface area (Å²) < 4.78 is 35.2. The minimum atomic E-state index is -0.903. The van der Waals surface area contributed by atoms with Gasteiger partial charge < -0.3 is 9.30 Å². The highest BCUT2D eigenvalue weighted by Crippen LogP contribution is 2.34. The maximum atomic E-state index is 13.8. The van der Waals surface area contributed by atoms with Gasteiger partial charge in [0.1, 0.15) is 6.61 Å². The summed E-state index contributed by atoms with van der Waals surface area (Å²) in [6.45, 7) is 7.33. The number of halogens is 2. The van der Waals surface area contributed by atoms with Crippen molar-refractivity contribution in [3.8, 4) is 0 Å². The first-order valence-corrected chi connectivity index (χ1v) is 13.1. The number of fused-ring (bicyclic) bond motifs is 1. The molecule has 1 aliphatic rings.